The van der Waals surface area contributed by atoms with Gasteiger partial charge in [0.2, 0.25) is 0 Å². The minimum absolute atomic E-state index is 0.312. The summed E-state index contributed by atoms with van der Waals surface area (Å²) in [5.41, 5.74) is 7.77. The lowest BCUT2D eigenvalue weighted by Gasteiger charge is -2.13. The van der Waals surface area contributed by atoms with E-state index in [2.05, 4.69) is 28.9 Å². The molecule has 0 spiro atoms. The topological polar surface area (TPSA) is 46.2 Å². The molecule has 2 unspecified atom stereocenters. The van der Waals surface area contributed by atoms with Crippen LogP contribution in [0.1, 0.15) is 34.9 Å². The number of hydrogen-bond acceptors (Lipinski definition) is 3. The van der Waals surface area contributed by atoms with Crippen molar-refractivity contribution in [2.75, 3.05) is 6.54 Å². The molecular weight excluding hydrogens is 310 g/mol. The third-order valence-electron chi connectivity index (χ3n) is 3.01. The van der Waals surface area contributed by atoms with E-state index in [0.29, 0.717) is 12.5 Å². The van der Waals surface area contributed by atoms with Crippen molar-refractivity contribution in [1.82, 2.24) is 0 Å². The van der Waals surface area contributed by atoms with Crippen molar-refractivity contribution < 1.29 is 5.11 Å². The highest BCUT2D eigenvalue weighted by molar-refractivity contribution is 9.11. The molecule has 18 heavy (non-hydrogen) atoms. The van der Waals surface area contributed by atoms with Crippen LogP contribution in [0.2, 0.25) is 0 Å². The SMILES string of the molecule is CC(CN)c1cccc(C(O)c2ccc(Br)s2)c1. The fraction of sp³-hybridized carbons (Fsp3) is 0.286. The molecule has 2 rings (SSSR count). The van der Waals surface area contributed by atoms with Crippen molar-refractivity contribution >= 4 is 27.3 Å². The summed E-state index contributed by atoms with van der Waals surface area (Å²) in [6, 6.07) is 11.9. The summed E-state index contributed by atoms with van der Waals surface area (Å²) in [5, 5.41) is 10.3. The fourth-order valence-electron chi connectivity index (χ4n) is 1.81. The Balaban J connectivity index is 2.28. The Bertz CT molecular complexity index is 526. The predicted octanol–water partition coefficient (Wildman–Crippen LogP) is 3.65. The molecule has 2 nitrogen and oxygen atoms in total. The molecule has 0 saturated carbocycles. The summed E-state index contributed by atoms with van der Waals surface area (Å²) in [7, 11) is 0. The average molecular weight is 326 g/mol. The Morgan fingerprint density at radius 2 is 2.00 bits per heavy atom. The zero-order valence-corrected chi connectivity index (χ0v) is 12.5. The monoisotopic (exact) mass is 325 g/mol. The van der Waals surface area contributed by atoms with Crippen molar-refractivity contribution in [3.05, 3.63) is 56.2 Å². The number of rotatable bonds is 4. The number of hydrogen-bond donors (Lipinski definition) is 2. The van der Waals surface area contributed by atoms with E-state index >= 15 is 0 Å². The van der Waals surface area contributed by atoms with E-state index in [1.165, 1.54) is 5.56 Å². The third kappa shape index (κ3) is 3.01. The quantitative estimate of drug-likeness (QED) is 0.901. The number of aliphatic hydroxyl groups is 1. The van der Waals surface area contributed by atoms with Crippen LogP contribution >= 0.6 is 27.3 Å². The van der Waals surface area contributed by atoms with Gasteiger partial charge in [0.15, 0.2) is 0 Å². The molecule has 0 fully saturated rings. The average Bonchev–Trinajstić information content (AvgIpc) is 2.83. The molecule has 0 bridgehead atoms. The maximum absolute atomic E-state index is 10.3. The van der Waals surface area contributed by atoms with Crippen molar-refractivity contribution in [3.63, 3.8) is 0 Å². The van der Waals surface area contributed by atoms with Crippen LogP contribution in [0.3, 0.4) is 0 Å². The van der Waals surface area contributed by atoms with E-state index in [-0.39, 0.29) is 0 Å². The van der Waals surface area contributed by atoms with E-state index in [0.717, 1.165) is 14.2 Å². The van der Waals surface area contributed by atoms with Gasteiger partial charge in [-0.25, -0.2) is 0 Å². The second kappa shape index (κ2) is 5.97. The van der Waals surface area contributed by atoms with E-state index in [1.54, 1.807) is 11.3 Å². The van der Waals surface area contributed by atoms with Gasteiger partial charge >= 0.3 is 0 Å². The Morgan fingerprint density at radius 1 is 1.28 bits per heavy atom. The highest BCUT2D eigenvalue weighted by Crippen LogP contribution is 2.32. The predicted molar refractivity (Wildman–Crippen MR) is 80.0 cm³/mol. The van der Waals surface area contributed by atoms with Crippen molar-refractivity contribution in [2.24, 2.45) is 5.73 Å². The number of halogens is 1. The molecule has 0 amide bonds. The first-order chi connectivity index (χ1) is 8.61. The number of thiophene rings is 1. The Hall–Kier alpha value is -0.680. The van der Waals surface area contributed by atoms with Crippen molar-refractivity contribution in [1.29, 1.82) is 0 Å². The van der Waals surface area contributed by atoms with Gasteiger partial charge in [0.1, 0.15) is 6.10 Å². The summed E-state index contributed by atoms with van der Waals surface area (Å²) < 4.78 is 1.03. The van der Waals surface area contributed by atoms with E-state index < -0.39 is 6.10 Å². The molecule has 1 aromatic carbocycles. The van der Waals surface area contributed by atoms with Gasteiger partial charge in [-0.15, -0.1) is 11.3 Å². The van der Waals surface area contributed by atoms with E-state index in [4.69, 9.17) is 5.73 Å². The molecule has 0 aliphatic carbocycles. The van der Waals surface area contributed by atoms with Gasteiger partial charge in [-0.3, -0.25) is 0 Å². The summed E-state index contributed by atoms with van der Waals surface area (Å²) in [6.07, 6.45) is -0.564. The fourth-order valence-corrected chi connectivity index (χ4v) is 3.25. The van der Waals surface area contributed by atoms with Crippen LogP contribution in [0, 0.1) is 0 Å². The largest absolute Gasteiger partial charge is 0.383 e. The second-order valence-corrected chi connectivity index (χ2v) is 6.85. The summed E-state index contributed by atoms with van der Waals surface area (Å²) in [6.45, 7) is 2.71. The highest BCUT2D eigenvalue weighted by Gasteiger charge is 2.14. The van der Waals surface area contributed by atoms with Crippen LogP contribution in [-0.4, -0.2) is 11.7 Å². The summed E-state index contributed by atoms with van der Waals surface area (Å²) >= 11 is 4.97. The normalized spacial score (nSPS) is 14.4. The Kier molecular flexibility index (Phi) is 4.56. The first-order valence-corrected chi connectivity index (χ1v) is 7.46. The lowest BCUT2D eigenvalue weighted by molar-refractivity contribution is 0.224. The highest BCUT2D eigenvalue weighted by atomic mass is 79.9. The smallest absolute Gasteiger partial charge is 0.113 e. The molecule has 0 aliphatic rings. The molecular formula is C14H16BrNOS. The van der Waals surface area contributed by atoms with Crippen LogP contribution in [0.25, 0.3) is 0 Å². The number of benzene rings is 1. The lowest BCUT2D eigenvalue weighted by Crippen LogP contribution is -2.09. The number of aliphatic hydroxyl groups excluding tert-OH is 1. The van der Waals surface area contributed by atoms with Gasteiger partial charge in [-0.05, 0) is 51.7 Å². The zero-order valence-electron chi connectivity index (χ0n) is 10.1. The van der Waals surface area contributed by atoms with Gasteiger partial charge in [-0.1, -0.05) is 31.2 Å². The van der Waals surface area contributed by atoms with Crippen molar-refractivity contribution in [2.45, 2.75) is 18.9 Å². The molecule has 2 aromatic rings. The van der Waals surface area contributed by atoms with Gasteiger partial charge in [-0.2, -0.15) is 0 Å². The molecule has 96 valence electrons. The van der Waals surface area contributed by atoms with Crippen molar-refractivity contribution in [3.8, 4) is 0 Å². The van der Waals surface area contributed by atoms with E-state index in [1.807, 2.05) is 30.3 Å². The van der Waals surface area contributed by atoms with Crippen LogP contribution in [0.4, 0.5) is 0 Å². The van der Waals surface area contributed by atoms with Gasteiger partial charge in [0.25, 0.3) is 0 Å². The maximum atomic E-state index is 10.3. The standard InChI is InChI=1S/C14H16BrNOS/c1-9(8-16)10-3-2-4-11(7-10)14(17)12-5-6-13(15)18-12/h2-7,9,14,17H,8,16H2,1H3. The minimum atomic E-state index is -0.564. The Labute approximate surface area is 120 Å². The van der Waals surface area contributed by atoms with Crippen LogP contribution < -0.4 is 5.73 Å². The first-order valence-electron chi connectivity index (χ1n) is 5.85. The van der Waals surface area contributed by atoms with Gasteiger partial charge < -0.3 is 10.8 Å². The van der Waals surface area contributed by atoms with Crippen LogP contribution in [0.15, 0.2) is 40.2 Å². The number of nitrogens with two attached hydrogens (primary N) is 1. The Morgan fingerprint density at radius 3 is 2.61 bits per heavy atom. The third-order valence-corrected chi connectivity index (χ3v) is 4.69. The molecule has 4 heteroatoms. The lowest BCUT2D eigenvalue weighted by atomic mass is 9.97. The molecule has 0 saturated heterocycles. The van der Waals surface area contributed by atoms with E-state index in [9.17, 15) is 5.11 Å². The van der Waals surface area contributed by atoms with Gasteiger partial charge in [0, 0.05) is 4.88 Å². The zero-order chi connectivity index (χ0) is 13.1. The van der Waals surface area contributed by atoms with Crippen LogP contribution in [-0.2, 0) is 0 Å². The molecule has 0 radical (unpaired) electrons. The summed E-state index contributed by atoms with van der Waals surface area (Å²) in [4.78, 5) is 0.944. The molecule has 3 N–H and O–H groups in total. The molecule has 0 aliphatic heterocycles. The maximum Gasteiger partial charge on any atom is 0.113 e. The second-order valence-electron chi connectivity index (χ2n) is 4.35. The minimum Gasteiger partial charge on any atom is -0.383 e. The first kappa shape index (κ1) is 13.7. The van der Waals surface area contributed by atoms with Gasteiger partial charge in [0.05, 0.1) is 3.79 Å². The molecule has 2 atom stereocenters. The van der Waals surface area contributed by atoms with Crippen LogP contribution in [0.5, 0.6) is 0 Å². The molecule has 1 heterocycles. The molecule has 1 aromatic heterocycles. The summed E-state index contributed by atoms with van der Waals surface area (Å²) in [5.74, 6) is 0.312.